The Morgan fingerprint density at radius 2 is 0.562 bits per heavy atom. The molecule has 6 nitrogen and oxygen atoms in total. The van der Waals surface area contributed by atoms with Gasteiger partial charge in [-0.15, -0.1) is 0 Å². The van der Waals surface area contributed by atoms with Gasteiger partial charge in [0.25, 0.3) is 0 Å². The number of hydrogen-bond acceptors (Lipinski definition) is 6. The third-order valence-electron chi connectivity index (χ3n) is 12.7. The minimum Gasteiger partial charge on any atom is -0.462 e. The predicted molar refractivity (Wildman–Crippen MR) is 316 cm³/mol. The molecule has 0 aliphatic heterocycles. The largest absolute Gasteiger partial charge is 0.462 e. The lowest BCUT2D eigenvalue weighted by Crippen LogP contribution is -2.30. The number of carbonyl (C=O) groups is 3. The molecular formula is C67H112O6. The molecule has 0 amide bonds. The lowest BCUT2D eigenvalue weighted by atomic mass is 10.0. The molecular weight excluding hydrogens is 901 g/mol. The highest BCUT2D eigenvalue weighted by atomic mass is 16.6. The standard InChI is InChI=1S/C67H112O6/c1-4-7-10-13-16-19-22-25-27-28-29-30-31-32-33-34-35-36-37-38-40-42-45-48-51-54-57-60-66(69)72-63-64(62-71-65(68)59-56-53-50-47-44-41-24-21-18-15-12-9-6-3)73-67(70)61-58-55-52-49-46-43-39-26-23-20-17-14-11-8-5-2/h9,12,17-18,20-22,25-26,28-29,31-32,39,41,44,50,53,64H,4-8,10-11,13-16,19,23-24,27,30,33-38,40,42-43,45-49,51-52,54-63H2,1-3H3/b12-9-,20-17-,21-18-,25-22-,29-28-,32-31-,39-26-,44-41-,53-50-. The van der Waals surface area contributed by atoms with E-state index in [1.807, 2.05) is 6.08 Å². The first-order chi connectivity index (χ1) is 36.0. The van der Waals surface area contributed by atoms with Crippen LogP contribution in [-0.2, 0) is 28.6 Å². The Morgan fingerprint density at radius 1 is 0.288 bits per heavy atom. The van der Waals surface area contributed by atoms with Crippen molar-refractivity contribution in [1.82, 2.24) is 0 Å². The van der Waals surface area contributed by atoms with Crippen LogP contribution in [0.15, 0.2) is 109 Å². The predicted octanol–water partition coefficient (Wildman–Crippen LogP) is 20.7. The van der Waals surface area contributed by atoms with E-state index in [2.05, 4.69) is 124 Å². The maximum atomic E-state index is 12.8. The number of ether oxygens (including phenoxy) is 3. The van der Waals surface area contributed by atoms with Crippen molar-refractivity contribution in [2.45, 2.75) is 284 Å². The smallest absolute Gasteiger partial charge is 0.306 e. The van der Waals surface area contributed by atoms with Gasteiger partial charge in [0.15, 0.2) is 6.10 Å². The molecule has 0 aromatic heterocycles. The summed E-state index contributed by atoms with van der Waals surface area (Å²) in [6.45, 7) is 6.41. The molecule has 1 unspecified atom stereocenters. The van der Waals surface area contributed by atoms with Gasteiger partial charge in [0.2, 0.25) is 0 Å². The number of allylic oxidation sites excluding steroid dienone is 18. The van der Waals surface area contributed by atoms with Gasteiger partial charge in [-0.2, -0.15) is 0 Å². The molecule has 0 aromatic rings. The lowest BCUT2D eigenvalue weighted by Gasteiger charge is -2.18. The molecule has 0 saturated carbocycles. The van der Waals surface area contributed by atoms with Crippen molar-refractivity contribution in [3.63, 3.8) is 0 Å². The average Bonchev–Trinajstić information content (AvgIpc) is 3.39. The van der Waals surface area contributed by atoms with E-state index in [0.717, 1.165) is 103 Å². The number of carbonyl (C=O) groups excluding carboxylic acids is 3. The first kappa shape index (κ1) is 69.1. The van der Waals surface area contributed by atoms with Crippen LogP contribution in [0, 0.1) is 0 Å². The SMILES string of the molecule is CC/C=C\C/C=C\C/C=C\C/C=C\CCC(=O)OCC(COC(=O)CCCCCCCCCCCCCC/C=C\C/C=C\C/C=C\CCCCCCC)OC(=O)CCCCCCC/C=C\C/C=C\CCCCC. The Balaban J connectivity index is 4.33. The summed E-state index contributed by atoms with van der Waals surface area (Å²) in [6, 6.07) is 0. The fraction of sp³-hybridized carbons (Fsp3) is 0.687. The van der Waals surface area contributed by atoms with E-state index in [0.29, 0.717) is 19.3 Å². The third kappa shape index (κ3) is 58.8. The molecule has 0 radical (unpaired) electrons. The summed E-state index contributed by atoms with van der Waals surface area (Å²) in [5.41, 5.74) is 0. The Hall–Kier alpha value is -3.93. The highest BCUT2D eigenvalue weighted by Gasteiger charge is 2.19. The number of esters is 3. The van der Waals surface area contributed by atoms with E-state index in [9.17, 15) is 14.4 Å². The summed E-state index contributed by atoms with van der Waals surface area (Å²) in [6.07, 6.45) is 82.5. The molecule has 0 aliphatic rings. The molecule has 0 aliphatic carbocycles. The van der Waals surface area contributed by atoms with Crippen LogP contribution in [0.5, 0.6) is 0 Å². The second kappa shape index (κ2) is 60.6. The second-order valence-corrected chi connectivity index (χ2v) is 19.9. The number of rotatable bonds is 54. The van der Waals surface area contributed by atoms with Crippen molar-refractivity contribution in [3.05, 3.63) is 109 Å². The van der Waals surface area contributed by atoms with Crippen LogP contribution >= 0.6 is 0 Å². The summed E-state index contributed by atoms with van der Waals surface area (Å²) >= 11 is 0. The monoisotopic (exact) mass is 1010 g/mol. The van der Waals surface area contributed by atoms with Crippen LogP contribution in [0.1, 0.15) is 278 Å². The normalized spacial score (nSPS) is 12.9. The van der Waals surface area contributed by atoms with Gasteiger partial charge in [-0.3, -0.25) is 14.4 Å². The van der Waals surface area contributed by atoms with Crippen LogP contribution in [0.25, 0.3) is 0 Å². The zero-order valence-corrected chi connectivity index (χ0v) is 47.6. The van der Waals surface area contributed by atoms with Gasteiger partial charge >= 0.3 is 17.9 Å². The van der Waals surface area contributed by atoms with E-state index >= 15 is 0 Å². The van der Waals surface area contributed by atoms with Crippen LogP contribution in [0.4, 0.5) is 0 Å². The molecule has 0 N–H and O–H groups in total. The Morgan fingerprint density at radius 3 is 0.945 bits per heavy atom. The molecule has 0 aromatic carbocycles. The van der Waals surface area contributed by atoms with Gasteiger partial charge in [-0.05, 0) is 116 Å². The maximum absolute atomic E-state index is 12.8. The topological polar surface area (TPSA) is 78.9 Å². The quantitative estimate of drug-likeness (QED) is 0.0261. The summed E-state index contributed by atoms with van der Waals surface area (Å²) < 4.78 is 16.8. The maximum Gasteiger partial charge on any atom is 0.306 e. The minimum absolute atomic E-state index is 0.108. The van der Waals surface area contributed by atoms with Crippen molar-refractivity contribution in [2.24, 2.45) is 0 Å². The molecule has 0 bridgehead atoms. The lowest BCUT2D eigenvalue weighted by molar-refractivity contribution is -0.166. The summed E-state index contributed by atoms with van der Waals surface area (Å²) in [5.74, 6) is -1.01. The molecule has 0 spiro atoms. The Bertz CT molecular complexity index is 1490. The average molecular weight is 1010 g/mol. The van der Waals surface area contributed by atoms with Crippen LogP contribution < -0.4 is 0 Å². The van der Waals surface area contributed by atoms with Gasteiger partial charge < -0.3 is 14.2 Å². The van der Waals surface area contributed by atoms with Gasteiger partial charge in [-0.1, -0.05) is 252 Å². The summed E-state index contributed by atoms with van der Waals surface area (Å²) in [7, 11) is 0. The summed E-state index contributed by atoms with van der Waals surface area (Å²) in [4.78, 5) is 38.1. The van der Waals surface area contributed by atoms with Crippen molar-refractivity contribution in [3.8, 4) is 0 Å². The van der Waals surface area contributed by atoms with Crippen LogP contribution in [-0.4, -0.2) is 37.2 Å². The van der Waals surface area contributed by atoms with E-state index in [4.69, 9.17) is 14.2 Å². The van der Waals surface area contributed by atoms with Crippen molar-refractivity contribution in [1.29, 1.82) is 0 Å². The first-order valence-electron chi connectivity index (χ1n) is 30.4. The van der Waals surface area contributed by atoms with Crippen molar-refractivity contribution < 1.29 is 28.6 Å². The number of hydrogen-bond donors (Lipinski definition) is 0. The van der Waals surface area contributed by atoms with Crippen LogP contribution in [0.2, 0.25) is 0 Å². The van der Waals surface area contributed by atoms with E-state index in [-0.39, 0.29) is 37.5 Å². The van der Waals surface area contributed by atoms with Gasteiger partial charge in [0.1, 0.15) is 13.2 Å². The van der Waals surface area contributed by atoms with Crippen molar-refractivity contribution in [2.75, 3.05) is 13.2 Å². The molecule has 0 rings (SSSR count). The van der Waals surface area contributed by atoms with E-state index in [1.54, 1.807) is 0 Å². The highest BCUT2D eigenvalue weighted by molar-refractivity contribution is 5.71. The number of unbranched alkanes of at least 4 members (excludes halogenated alkanes) is 25. The zero-order chi connectivity index (χ0) is 52.9. The highest BCUT2D eigenvalue weighted by Crippen LogP contribution is 2.15. The summed E-state index contributed by atoms with van der Waals surface area (Å²) in [5, 5.41) is 0. The minimum atomic E-state index is -0.817. The fourth-order valence-electron chi connectivity index (χ4n) is 8.20. The molecule has 416 valence electrons. The van der Waals surface area contributed by atoms with Crippen LogP contribution in [0.3, 0.4) is 0 Å². The third-order valence-corrected chi connectivity index (χ3v) is 12.7. The van der Waals surface area contributed by atoms with Gasteiger partial charge in [0, 0.05) is 19.3 Å². The zero-order valence-electron chi connectivity index (χ0n) is 47.6. The fourth-order valence-corrected chi connectivity index (χ4v) is 8.20. The molecule has 0 fully saturated rings. The van der Waals surface area contributed by atoms with E-state index in [1.165, 1.54) is 128 Å². The first-order valence-corrected chi connectivity index (χ1v) is 30.4. The Kier molecular flexibility index (Phi) is 57.4. The van der Waals surface area contributed by atoms with Gasteiger partial charge in [0.05, 0.1) is 0 Å². The molecule has 0 saturated heterocycles. The van der Waals surface area contributed by atoms with Gasteiger partial charge in [-0.25, -0.2) is 0 Å². The second-order valence-electron chi connectivity index (χ2n) is 19.9. The van der Waals surface area contributed by atoms with E-state index < -0.39 is 6.10 Å². The molecule has 6 heteroatoms. The molecule has 1 atom stereocenters. The molecule has 73 heavy (non-hydrogen) atoms. The Labute approximate surface area is 450 Å². The van der Waals surface area contributed by atoms with Crippen molar-refractivity contribution >= 4 is 17.9 Å². The molecule has 0 heterocycles.